The standard InChI is InChI=1S/C27H33FN4O2/c1-18(2)20-9-11-22(12-10-20)26(21-7-5-4-6-8-21)31-27(34)24-14-23(28)17-32(24)25(33)13-19(15-29)16-30-3/h4-12,15-16,18,23-24,26,29-30H,13-14,17H2,1-3H3,(H,31,34)/b19-16-,29-15?/t23-,24+,26+/m1/s1. The van der Waals surface area contributed by atoms with E-state index in [0.29, 0.717) is 11.5 Å². The molecule has 1 aliphatic rings. The minimum Gasteiger partial charge on any atom is -0.394 e. The predicted octanol–water partition coefficient (Wildman–Crippen LogP) is 4.10. The highest BCUT2D eigenvalue weighted by molar-refractivity contribution is 5.92. The van der Waals surface area contributed by atoms with Crippen LogP contribution in [-0.4, -0.2) is 48.7 Å². The van der Waals surface area contributed by atoms with Crippen LogP contribution in [0.3, 0.4) is 0 Å². The zero-order valence-electron chi connectivity index (χ0n) is 19.9. The van der Waals surface area contributed by atoms with Crippen molar-refractivity contribution in [1.29, 1.82) is 5.41 Å². The number of amides is 2. The Kier molecular flexibility index (Phi) is 8.57. The first-order chi connectivity index (χ1) is 16.3. The van der Waals surface area contributed by atoms with Crippen LogP contribution in [0.1, 0.15) is 55.3 Å². The maximum atomic E-state index is 14.4. The lowest BCUT2D eigenvalue weighted by molar-refractivity contribution is -0.138. The lowest BCUT2D eigenvalue weighted by Crippen LogP contribution is -2.47. The zero-order valence-corrected chi connectivity index (χ0v) is 19.9. The SMILES string of the molecule is CN/C=C(\C=N)CC(=O)N1C[C@H](F)C[C@H]1C(=O)N[C@@H](c1ccccc1)c1ccc(C(C)C)cc1. The highest BCUT2D eigenvalue weighted by Crippen LogP contribution is 2.27. The first kappa shape index (κ1) is 25.1. The molecule has 6 nitrogen and oxygen atoms in total. The van der Waals surface area contributed by atoms with Crippen LogP contribution in [0.15, 0.2) is 66.4 Å². The molecule has 1 aliphatic heterocycles. The summed E-state index contributed by atoms with van der Waals surface area (Å²) < 4.78 is 14.4. The minimum absolute atomic E-state index is 0.0406. The van der Waals surface area contributed by atoms with E-state index in [4.69, 9.17) is 5.41 Å². The molecule has 2 amide bonds. The quantitative estimate of drug-likeness (QED) is 0.489. The van der Waals surface area contributed by atoms with Crippen LogP contribution in [0.4, 0.5) is 4.39 Å². The van der Waals surface area contributed by atoms with E-state index in [1.807, 2.05) is 42.5 Å². The molecule has 1 saturated heterocycles. The summed E-state index contributed by atoms with van der Waals surface area (Å²) >= 11 is 0. The van der Waals surface area contributed by atoms with E-state index in [1.54, 1.807) is 13.2 Å². The molecule has 0 spiro atoms. The van der Waals surface area contributed by atoms with Gasteiger partial charge in [0.15, 0.2) is 0 Å². The van der Waals surface area contributed by atoms with Crippen LogP contribution in [0.2, 0.25) is 0 Å². The number of carbonyl (C=O) groups is 2. The summed E-state index contributed by atoms with van der Waals surface area (Å²) in [5.74, 6) is -0.367. The number of nitrogens with one attached hydrogen (secondary N) is 3. The summed E-state index contributed by atoms with van der Waals surface area (Å²) in [7, 11) is 1.68. The van der Waals surface area contributed by atoms with Crippen molar-refractivity contribution in [2.24, 2.45) is 0 Å². The molecule has 0 unspecified atom stereocenters. The van der Waals surface area contributed by atoms with Crippen molar-refractivity contribution in [3.63, 3.8) is 0 Å². The Labute approximate surface area is 200 Å². The van der Waals surface area contributed by atoms with E-state index in [2.05, 4.69) is 36.6 Å². The van der Waals surface area contributed by atoms with Crippen molar-refractivity contribution in [2.45, 2.75) is 50.9 Å². The molecule has 3 N–H and O–H groups in total. The normalized spacial score (nSPS) is 19.1. The van der Waals surface area contributed by atoms with Crippen molar-refractivity contribution in [3.05, 3.63) is 83.1 Å². The number of rotatable bonds is 9. The summed E-state index contributed by atoms with van der Waals surface area (Å²) in [5.41, 5.74) is 3.48. The maximum Gasteiger partial charge on any atom is 0.243 e. The zero-order chi connectivity index (χ0) is 24.7. The molecule has 2 aromatic carbocycles. The van der Waals surface area contributed by atoms with Gasteiger partial charge in [-0.3, -0.25) is 9.59 Å². The second-order valence-electron chi connectivity index (χ2n) is 8.90. The van der Waals surface area contributed by atoms with Crippen molar-refractivity contribution in [2.75, 3.05) is 13.6 Å². The van der Waals surface area contributed by atoms with E-state index < -0.39 is 18.3 Å². The third-order valence-electron chi connectivity index (χ3n) is 6.10. The molecule has 1 fully saturated rings. The Morgan fingerprint density at radius 3 is 2.29 bits per heavy atom. The fraction of sp³-hybridized carbons (Fsp3) is 0.370. The average Bonchev–Trinajstić information content (AvgIpc) is 3.24. The third kappa shape index (κ3) is 6.10. The number of carbonyl (C=O) groups excluding carboxylic acids is 2. The van der Waals surface area contributed by atoms with Crippen molar-refractivity contribution >= 4 is 18.0 Å². The Bertz CT molecular complexity index is 1020. The number of nitrogens with zero attached hydrogens (tertiary/aromatic N) is 1. The topological polar surface area (TPSA) is 85.3 Å². The monoisotopic (exact) mass is 464 g/mol. The lowest BCUT2D eigenvalue weighted by Gasteiger charge is -2.27. The number of likely N-dealkylation sites (tertiary alicyclic amines) is 1. The van der Waals surface area contributed by atoms with Crippen molar-refractivity contribution in [1.82, 2.24) is 15.5 Å². The molecule has 0 aliphatic carbocycles. The van der Waals surface area contributed by atoms with Gasteiger partial charge in [0.2, 0.25) is 11.8 Å². The summed E-state index contributed by atoms with van der Waals surface area (Å²) in [6, 6.07) is 16.4. The molecule has 180 valence electrons. The van der Waals surface area contributed by atoms with E-state index in [1.165, 1.54) is 10.5 Å². The molecule has 0 aromatic heterocycles. The van der Waals surface area contributed by atoms with E-state index in [9.17, 15) is 14.0 Å². The molecule has 7 heteroatoms. The number of halogens is 1. The molecule has 0 saturated carbocycles. The van der Waals surface area contributed by atoms with Gasteiger partial charge in [-0.2, -0.15) is 0 Å². The van der Waals surface area contributed by atoms with Gasteiger partial charge < -0.3 is 20.9 Å². The van der Waals surface area contributed by atoms with Crippen LogP contribution in [-0.2, 0) is 9.59 Å². The summed E-state index contributed by atoms with van der Waals surface area (Å²) in [6.07, 6.45) is 1.26. The van der Waals surface area contributed by atoms with Gasteiger partial charge in [-0.25, -0.2) is 4.39 Å². The molecule has 1 heterocycles. The average molecular weight is 465 g/mol. The van der Waals surface area contributed by atoms with Crippen LogP contribution >= 0.6 is 0 Å². The van der Waals surface area contributed by atoms with Gasteiger partial charge in [0.05, 0.1) is 19.0 Å². The van der Waals surface area contributed by atoms with Crippen LogP contribution in [0, 0.1) is 5.41 Å². The van der Waals surface area contributed by atoms with Crippen LogP contribution in [0.25, 0.3) is 0 Å². The molecule has 34 heavy (non-hydrogen) atoms. The smallest absolute Gasteiger partial charge is 0.243 e. The maximum absolute atomic E-state index is 14.4. The molecule has 0 bridgehead atoms. The fourth-order valence-corrected chi connectivity index (χ4v) is 4.23. The second kappa shape index (κ2) is 11.6. The Balaban J connectivity index is 1.84. The Morgan fingerprint density at radius 2 is 1.71 bits per heavy atom. The van der Waals surface area contributed by atoms with Gasteiger partial charge in [-0.1, -0.05) is 68.4 Å². The lowest BCUT2D eigenvalue weighted by atomic mass is 9.95. The highest BCUT2D eigenvalue weighted by atomic mass is 19.1. The molecule has 3 atom stereocenters. The van der Waals surface area contributed by atoms with Gasteiger partial charge >= 0.3 is 0 Å². The van der Waals surface area contributed by atoms with Crippen molar-refractivity contribution < 1.29 is 14.0 Å². The largest absolute Gasteiger partial charge is 0.394 e. The third-order valence-corrected chi connectivity index (χ3v) is 6.10. The first-order valence-electron chi connectivity index (χ1n) is 11.6. The van der Waals surface area contributed by atoms with Gasteiger partial charge in [-0.05, 0) is 28.2 Å². The van der Waals surface area contributed by atoms with E-state index in [-0.39, 0.29) is 31.2 Å². The van der Waals surface area contributed by atoms with Gasteiger partial charge in [-0.15, -0.1) is 0 Å². The minimum atomic E-state index is -1.27. The van der Waals surface area contributed by atoms with Gasteiger partial charge in [0.1, 0.15) is 12.2 Å². The van der Waals surface area contributed by atoms with Crippen LogP contribution < -0.4 is 10.6 Å². The predicted molar refractivity (Wildman–Crippen MR) is 133 cm³/mol. The number of hydrogen-bond acceptors (Lipinski definition) is 4. The fourth-order valence-electron chi connectivity index (χ4n) is 4.23. The molecule has 0 radical (unpaired) electrons. The Hall–Kier alpha value is -3.48. The number of alkyl halides is 1. The van der Waals surface area contributed by atoms with Gasteiger partial charge in [0, 0.05) is 25.9 Å². The summed E-state index contributed by atoms with van der Waals surface area (Å²) in [4.78, 5) is 27.6. The first-order valence-corrected chi connectivity index (χ1v) is 11.6. The van der Waals surface area contributed by atoms with E-state index in [0.717, 1.165) is 17.3 Å². The molecular formula is C27H33FN4O2. The van der Waals surface area contributed by atoms with E-state index >= 15 is 0 Å². The summed E-state index contributed by atoms with van der Waals surface area (Å²) in [5, 5.41) is 13.3. The van der Waals surface area contributed by atoms with Crippen molar-refractivity contribution in [3.8, 4) is 0 Å². The molecule has 2 aromatic rings. The second-order valence-corrected chi connectivity index (χ2v) is 8.90. The summed E-state index contributed by atoms with van der Waals surface area (Å²) in [6.45, 7) is 4.13. The Morgan fingerprint density at radius 1 is 1.09 bits per heavy atom. The molecular weight excluding hydrogens is 431 g/mol. The number of hydrogen-bond donors (Lipinski definition) is 3. The molecule has 3 rings (SSSR count). The highest BCUT2D eigenvalue weighted by Gasteiger charge is 2.40. The number of benzene rings is 2. The van der Waals surface area contributed by atoms with Crippen LogP contribution in [0.5, 0.6) is 0 Å². The van der Waals surface area contributed by atoms with Gasteiger partial charge in [0.25, 0.3) is 0 Å².